The number of hydrogen-bond acceptors (Lipinski definition) is 2. The van der Waals surface area contributed by atoms with Gasteiger partial charge in [0.05, 0.1) is 8.07 Å². The first-order chi connectivity index (χ1) is 8.93. The zero-order chi connectivity index (χ0) is 14.3. The average Bonchev–Trinajstić information content (AvgIpc) is 2.37. The van der Waals surface area contributed by atoms with E-state index in [2.05, 4.69) is 56.1 Å². The lowest BCUT2D eigenvalue weighted by atomic mass is 10.1. The van der Waals surface area contributed by atoms with Gasteiger partial charge in [-0.1, -0.05) is 56.0 Å². The molecule has 3 heteroatoms. The van der Waals surface area contributed by atoms with Crippen LogP contribution in [0.4, 0.5) is 0 Å². The molecule has 1 atom stereocenters. The van der Waals surface area contributed by atoms with Crippen molar-refractivity contribution >= 4 is 13.3 Å². The number of aliphatic hydroxyl groups excluding tert-OH is 1. The van der Waals surface area contributed by atoms with Gasteiger partial charge >= 0.3 is 0 Å². The number of rotatable bonds is 8. The van der Waals surface area contributed by atoms with Gasteiger partial charge in [-0.05, 0) is 30.9 Å². The lowest BCUT2D eigenvalue weighted by molar-refractivity contribution is 0.228. The van der Waals surface area contributed by atoms with Crippen LogP contribution >= 0.6 is 0 Å². The fourth-order valence-electron chi connectivity index (χ4n) is 2.02. The molecule has 0 aliphatic rings. The summed E-state index contributed by atoms with van der Waals surface area (Å²) in [5.74, 6) is 0.429. The number of aliphatic hydroxyl groups is 1. The Balaban J connectivity index is 2.27. The van der Waals surface area contributed by atoms with Gasteiger partial charge in [0.1, 0.15) is 0 Å². The molecule has 1 rings (SSSR count). The third-order valence-electron chi connectivity index (χ3n) is 3.51. The van der Waals surface area contributed by atoms with Gasteiger partial charge in [-0.25, -0.2) is 0 Å². The van der Waals surface area contributed by atoms with Crippen molar-refractivity contribution in [1.29, 1.82) is 0 Å². The van der Waals surface area contributed by atoms with Crippen molar-refractivity contribution in [3.05, 3.63) is 29.8 Å². The lowest BCUT2D eigenvalue weighted by Crippen LogP contribution is -2.37. The van der Waals surface area contributed by atoms with Crippen molar-refractivity contribution < 1.29 is 5.11 Å². The molecular weight excluding hydrogens is 250 g/mol. The summed E-state index contributed by atoms with van der Waals surface area (Å²) in [6.45, 7) is 11.5. The second-order valence-electron chi connectivity index (χ2n) is 6.55. The van der Waals surface area contributed by atoms with Crippen molar-refractivity contribution in [3.63, 3.8) is 0 Å². The van der Waals surface area contributed by atoms with E-state index >= 15 is 0 Å². The summed E-state index contributed by atoms with van der Waals surface area (Å²) < 4.78 is 0. The van der Waals surface area contributed by atoms with Crippen molar-refractivity contribution in [2.75, 3.05) is 13.2 Å². The van der Waals surface area contributed by atoms with E-state index in [1.165, 1.54) is 10.8 Å². The third kappa shape index (κ3) is 6.37. The minimum Gasteiger partial charge on any atom is -0.396 e. The zero-order valence-electron chi connectivity index (χ0n) is 12.9. The molecule has 0 saturated carbocycles. The summed E-state index contributed by atoms with van der Waals surface area (Å²) in [6.07, 6.45) is 2.23. The zero-order valence-corrected chi connectivity index (χ0v) is 13.9. The maximum Gasteiger partial charge on any atom is 0.0775 e. The summed E-state index contributed by atoms with van der Waals surface area (Å²) in [7, 11) is -1.16. The van der Waals surface area contributed by atoms with Crippen LogP contribution in [0.3, 0.4) is 0 Å². The van der Waals surface area contributed by atoms with E-state index in [1.54, 1.807) is 0 Å². The molecule has 108 valence electrons. The van der Waals surface area contributed by atoms with Gasteiger partial charge < -0.3 is 10.4 Å². The van der Waals surface area contributed by atoms with E-state index in [-0.39, 0.29) is 0 Å². The maximum atomic E-state index is 8.94. The first-order valence-corrected chi connectivity index (χ1v) is 10.8. The van der Waals surface area contributed by atoms with Crippen LogP contribution in [-0.2, 0) is 6.54 Å². The Bertz CT molecular complexity index is 356. The minimum absolute atomic E-state index is 0.304. The Morgan fingerprint density at radius 2 is 1.79 bits per heavy atom. The van der Waals surface area contributed by atoms with Crippen LogP contribution in [0, 0.1) is 5.92 Å². The SMILES string of the molecule is CC(CO)CCCNCc1ccc([Si](C)(C)C)cc1. The van der Waals surface area contributed by atoms with Gasteiger partial charge in [-0.15, -0.1) is 0 Å². The second-order valence-corrected chi connectivity index (χ2v) is 11.6. The largest absolute Gasteiger partial charge is 0.396 e. The van der Waals surface area contributed by atoms with Gasteiger partial charge in [0.2, 0.25) is 0 Å². The monoisotopic (exact) mass is 279 g/mol. The predicted octanol–water partition coefficient (Wildman–Crippen LogP) is 2.73. The number of hydrogen-bond donors (Lipinski definition) is 2. The first kappa shape index (κ1) is 16.4. The highest BCUT2D eigenvalue weighted by molar-refractivity contribution is 6.88. The fourth-order valence-corrected chi connectivity index (χ4v) is 3.19. The molecule has 0 spiro atoms. The number of benzene rings is 1. The summed E-state index contributed by atoms with van der Waals surface area (Å²) in [6, 6.07) is 9.07. The van der Waals surface area contributed by atoms with Crippen molar-refractivity contribution in [2.24, 2.45) is 5.92 Å². The van der Waals surface area contributed by atoms with Crippen LogP contribution in [0.1, 0.15) is 25.3 Å². The molecule has 0 saturated heterocycles. The van der Waals surface area contributed by atoms with Crippen LogP contribution in [0.25, 0.3) is 0 Å². The molecule has 2 N–H and O–H groups in total. The molecule has 2 nitrogen and oxygen atoms in total. The van der Waals surface area contributed by atoms with Crippen LogP contribution in [0.15, 0.2) is 24.3 Å². The van der Waals surface area contributed by atoms with E-state index < -0.39 is 8.07 Å². The Hall–Kier alpha value is -0.643. The van der Waals surface area contributed by atoms with Gasteiger partial charge in [0, 0.05) is 13.2 Å². The highest BCUT2D eigenvalue weighted by Gasteiger charge is 2.15. The quantitative estimate of drug-likeness (QED) is 0.566. The second kappa shape index (κ2) is 7.83. The smallest absolute Gasteiger partial charge is 0.0775 e. The normalized spacial score (nSPS) is 13.5. The molecule has 1 aromatic carbocycles. The third-order valence-corrected chi connectivity index (χ3v) is 5.58. The summed E-state index contributed by atoms with van der Waals surface area (Å²) >= 11 is 0. The van der Waals surface area contributed by atoms with Crippen molar-refractivity contribution in [3.8, 4) is 0 Å². The molecule has 0 aromatic heterocycles. The van der Waals surface area contributed by atoms with Gasteiger partial charge in [0.15, 0.2) is 0 Å². The van der Waals surface area contributed by atoms with Crippen LogP contribution < -0.4 is 10.5 Å². The highest BCUT2D eigenvalue weighted by atomic mass is 28.3. The summed E-state index contributed by atoms with van der Waals surface area (Å²) in [5.41, 5.74) is 1.36. The molecule has 0 radical (unpaired) electrons. The van der Waals surface area contributed by atoms with Gasteiger partial charge in [-0.3, -0.25) is 0 Å². The van der Waals surface area contributed by atoms with Crippen molar-refractivity contribution in [1.82, 2.24) is 5.32 Å². The van der Waals surface area contributed by atoms with Gasteiger partial charge in [0.25, 0.3) is 0 Å². The molecule has 0 aliphatic heterocycles. The first-order valence-electron chi connectivity index (χ1n) is 7.34. The molecule has 1 unspecified atom stereocenters. The topological polar surface area (TPSA) is 32.3 Å². The van der Waals surface area contributed by atoms with E-state index in [9.17, 15) is 0 Å². The van der Waals surface area contributed by atoms with E-state index in [4.69, 9.17) is 5.11 Å². The molecule has 0 bridgehead atoms. The Kier molecular flexibility index (Phi) is 6.76. The Labute approximate surface area is 119 Å². The number of nitrogens with one attached hydrogen (secondary N) is 1. The Morgan fingerprint density at radius 3 is 2.32 bits per heavy atom. The standard InChI is InChI=1S/C16H29NOSi/c1-14(13-18)6-5-11-17-12-15-7-9-16(10-8-15)19(2,3)4/h7-10,14,17-18H,5-6,11-13H2,1-4H3. The van der Waals surface area contributed by atoms with Crippen LogP contribution in [0.2, 0.25) is 19.6 Å². The van der Waals surface area contributed by atoms with E-state index in [0.29, 0.717) is 12.5 Å². The fraction of sp³-hybridized carbons (Fsp3) is 0.625. The predicted molar refractivity (Wildman–Crippen MR) is 86.6 cm³/mol. The van der Waals surface area contributed by atoms with E-state index in [0.717, 1.165) is 25.9 Å². The molecule has 0 amide bonds. The van der Waals surface area contributed by atoms with Crippen molar-refractivity contribution in [2.45, 2.75) is 46.0 Å². The summed E-state index contributed by atoms with van der Waals surface area (Å²) in [5, 5.41) is 13.9. The molecule has 0 heterocycles. The maximum absolute atomic E-state index is 8.94. The highest BCUT2D eigenvalue weighted by Crippen LogP contribution is 2.05. The molecule has 0 aliphatic carbocycles. The van der Waals surface area contributed by atoms with E-state index in [1.807, 2.05) is 0 Å². The van der Waals surface area contributed by atoms with Gasteiger partial charge in [-0.2, -0.15) is 0 Å². The average molecular weight is 280 g/mol. The Morgan fingerprint density at radius 1 is 1.16 bits per heavy atom. The molecular formula is C16H29NOSi. The molecule has 0 fully saturated rings. The lowest BCUT2D eigenvalue weighted by Gasteiger charge is -2.16. The minimum atomic E-state index is -1.16. The molecule has 1 aromatic rings. The van der Waals surface area contributed by atoms with Crippen LogP contribution in [-0.4, -0.2) is 26.3 Å². The summed E-state index contributed by atoms with van der Waals surface area (Å²) in [4.78, 5) is 0. The molecule has 19 heavy (non-hydrogen) atoms. The van der Waals surface area contributed by atoms with Crippen LogP contribution in [0.5, 0.6) is 0 Å².